The minimum atomic E-state index is 0.629. The number of hydrogen-bond donors (Lipinski definition) is 1. The normalized spacial score (nSPS) is 11.6. The predicted molar refractivity (Wildman–Crippen MR) is 492 cm³/mol. The zero-order valence-corrected chi connectivity index (χ0v) is 65.6. The number of aromatic nitrogens is 12. The topological polar surface area (TPSA) is 118 Å². The summed E-state index contributed by atoms with van der Waals surface area (Å²) in [5, 5.41) is 12.1. The van der Waals surface area contributed by atoms with Crippen molar-refractivity contribution in [2.45, 2.75) is 0 Å². The summed E-state index contributed by atoms with van der Waals surface area (Å²) >= 11 is 3.68. The molecule has 560 valence electrons. The van der Waals surface area contributed by atoms with Crippen LogP contribution in [-0.4, -0.2) is 57.7 Å². The van der Waals surface area contributed by atoms with Crippen LogP contribution in [0.1, 0.15) is 0 Å². The van der Waals surface area contributed by atoms with Crippen molar-refractivity contribution in [3.63, 3.8) is 0 Å². The lowest BCUT2D eigenvalue weighted by molar-refractivity contribution is 1.07. The zero-order valence-electron chi connectivity index (χ0n) is 64.1. The van der Waals surface area contributed by atoms with Gasteiger partial charge in [-0.2, -0.15) is 0 Å². The molecule has 0 saturated heterocycles. The Kier molecular flexibility index (Phi) is 17.4. The molecule has 0 spiro atoms. The van der Waals surface area contributed by atoms with Gasteiger partial charge < -0.3 is 27.8 Å². The molecule has 0 unspecified atom stereocenters. The van der Waals surface area contributed by atoms with Gasteiger partial charge in [0.2, 0.25) is 0 Å². The van der Waals surface area contributed by atoms with E-state index in [1.807, 2.05) is 133 Å². The number of nitrogens with zero attached hydrogens (tertiary/aromatic N) is 11. The molecule has 0 fully saturated rings. The third-order valence-corrected chi connectivity index (χ3v) is 23.1. The Bertz CT molecular complexity index is 7840. The number of halogens is 1. The number of nitrogens with one attached hydrogen (secondary N) is 1. The van der Waals surface area contributed by atoms with E-state index in [1.165, 1.54) is 76.5 Å². The molecule has 119 heavy (non-hydrogen) atoms. The van der Waals surface area contributed by atoms with Crippen LogP contribution < -0.4 is 0 Å². The first-order valence-corrected chi connectivity index (χ1v) is 40.5. The first-order chi connectivity index (χ1) is 58.9. The molecule has 0 amide bonds. The number of rotatable bonds is 11. The van der Waals surface area contributed by atoms with Gasteiger partial charge in [-0.15, -0.1) is 0 Å². The van der Waals surface area contributed by atoms with Crippen molar-refractivity contribution in [3.05, 3.63) is 417 Å². The second-order valence-corrected chi connectivity index (χ2v) is 30.5. The minimum Gasteiger partial charge on any atom is -0.354 e. The van der Waals surface area contributed by atoms with Crippen LogP contribution in [0.3, 0.4) is 0 Å². The molecule has 8 heterocycles. The lowest BCUT2D eigenvalue weighted by atomic mass is 10.1. The molecule has 0 radical (unpaired) electrons. The summed E-state index contributed by atoms with van der Waals surface area (Å²) < 4.78 is 12.7. The van der Waals surface area contributed by atoms with E-state index in [9.17, 15) is 0 Å². The lowest BCUT2D eigenvalue weighted by Gasteiger charge is -2.11. The monoisotopic (exact) mass is 1590 g/mol. The lowest BCUT2D eigenvalue weighted by Crippen LogP contribution is -2.00. The smallest absolute Gasteiger partial charge is 0.164 e. The first-order valence-electron chi connectivity index (χ1n) is 39.8. The van der Waals surface area contributed by atoms with Crippen molar-refractivity contribution in [1.82, 2.24) is 57.7 Å². The summed E-state index contributed by atoms with van der Waals surface area (Å²) in [7, 11) is 0. The Morgan fingerprint density at radius 1 is 0.202 bits per heavy atom. The molecule has 0 aliphatic heterocycles. The van der Waals surface area contributed by atoms with Crippen LogP contribution in [-0.2, 0) is 0 Å². The molecule has 0 aliphatic rings. The van der Waals surface area contributed by atoms with Crippen LogP contribution in [0.15, 0.2) is 417 Å². The van der Waals surface area contributed by atoms with Crippen molar-refractivity contribution < 1.29 is 0 Å². The third kappa shape index (κ3) is 12.6. The Hall–Kier alpha value is -15.7. The number of benzene rings is 16. The molecule has 16 aromatic carbocycles. The van der Waals surface area contributed by atoms with Crippen LogP contribution >= 0.6 is 15.9 Å². The van der Waals surface area contributed by atoms with Crippen molar-refractivity contribution in [2.24, 2.45) is 0 Å². The van der Waals surface area contributed by atoms with E-state index in [0.29, 0.717) is 34.9 Å². The van der Waals surface area contributed by atoms with Crippen molar-refractivity contribution in [1.29, 1.82) is 0 Å². The summed E-state index contributed by atoms with van der Waals surface area (Å²) in [4.78, 5) is 33.4. The van der Waals surface area contributed by atoms with E-state index in [1.54, 1.807) is 0 Å². The Labute approximate surface area is 691 Å². The van der Waals surface area contributed by atoms with Gasteiger partial charge in [-0.05, 0) is 158 Å². The maximum Gasteiger partial charge on any atom is 0.164 e. The number of hydrogen-bond acceptors (Lipinski definition) is 6. The first kappa shape index (κ1) is 70.0. The summed E-state index contributed by atoms with van der Waals surface area (Å²) in [5.74, 6) is 3.87. The van der Waals surface area contributed by atoms with Crippen molar-refractivity contribution >= 4 is 125 Å². The molecular formula is C106H69BrN12. The van der Waals surface area contributed by atoms with Gasteiger partial charge in [-0.3, -0.25) is 0 Å². The fourth-order valence-electron chi connectivity index (χ4n) is 17.1. The molecule has 8 aromatic heterocycles. The molecule has 24 rings (SSSR count). The number of H-pyrrole nitrogens is 1. The van der Waals surface area contributed by atoms with Crippen LogP contribution in [0.4, 0.5) is 0 Å². The maximum absolute atomic E-state index is 5.10. The van der Waals surface area contributed by atoms with Crippen LogP contribution in [0.5, 0.6) is 0 Å². The summed E-state index contributed by atoms with van der Waals surface area (Å²) in [6.45, 7) is 0. The minimum absolute atomic E-state index is 0.629. The highest BCUT2D eigenvalue weighted by Gasteiger charge is 2.23. The van der Waals surface area contributed by atoms with E-state index >= 15 is 0 Å². The van der Waals surface area contributed by atoms with Crippen LogP contribution in [0, 0.1) is 0 Å². The fourth-order valence-corrected chi connectivity index (χ4v) is 17.5. The number of aromatic amines is 1. The summed E-state index contributed by atoms with van der Waals surface area (Å²) in [5.41, 5.74) is 23.0. The van der Waals surface area contributed by atoms with Crippen molar-refractivity contribution in [3.8, 4) is 96.8 Å². The zero-order chi connectivity index (χ0) is 78.9. The van der Waals surface area contributed by atoms with Gasteiger partial charge >= 0.3 is 0 Å². The molecule has 0 aliphatic carbocycles. The van der Waals surface area contributed by atoms with Gasteiger partial charge in [-0.25, -0.2) is 29.9 Å². The van der Waals surface area contributed by atoms with Gasteiger partial charge in [0.1, 0.15) is 0 Å². The number of fused-ring (bicyclic) bond motifs is 16. The fraction of sp³-hybridized carbons (Fsp3) is 0. The highest BCUT2D eigenvalue weighted by atomic mass is 79.9. The molecule has 1 N–H and O–H groups in total. The molecule has 12 nitrogen and oxygen atoms in total. The quantitative estimate of drug-likeness (QED) is 0.138. The van der Waals surface area contributed by atoms with Gasteiger partial charge in [-0.1, -0.05) is 259 Å². The molecule has 0 bridgehead atoms. The predicted octanol–water partition coefficient (Wildman–Crippen LogP) is 27.0. The average Bonchev–Trinajstić information content (AvgIpc) is 1.56. The average molecular weight is 1590 g/mol. The third-order valence-electron chi connectivity index (χ3n) is 22.6. The molecule has 0 atom stereocenters. The summed E-state index contributed by atoms with van der Waals surface area (Å²) in [6.07, 6.45) is 4.33. The van der Waals surface area contributed by atoms with E-state index in [0.717, 1.165) is 98.8 Å². The molecule has 13 heteroatoms. The van der Waals surface area contributed by atoms with E-state index in [-0.39, 0.29) is 0 Å². The highest BCUT2D eigenvalue weighted by molar-refractivity contribution is 9.10. The van der Waals surface area contributed by atoms with E-state index in [4.69, 9.17) is 29.9 Å². The summed E-state index contributed by atoms with van der Waals surface area (Å²) in [6, 6.07) is 140. The Balaban J connectivity index is 0.000000120. The van der Waals surface area contributed by atoms with E-state index < -0.39 is 0 Å². The van der Waals surface area contributed by atoms with E-state index in [2.05, 4.69) is 323 Å². The largest absolute Gasteiger partial charge is 0.354 e. The maximum atomic E-state index is 5.10. The molecule has 24 aromatic rings. The van der Waals surface area contributed by atoms with Gasteiger partial charge in [0, 0.05) is 138 Å². The Morgan fingerprint density at radius 2 is 0.546 bits per heavy atom. The van der Waals surface area contributed by atoms with Crippen molar-refractivity contribution in [2.75, 3.05) is 0 Å². The van der Waals surface area contributed by atoms with Gasteiger partial charge in [0.05, 0.1) is 49.7 Å². The highest BCUT2D eigenvalue weighted by Crippen LogP contribution is 2.43. The second kappa shape index (κ2) is 29.6. The molecule has 0 saturated carbocycles. The second-order valence-electron chi connectivity index (χ2n) is 29.6. The SMILES string of the molecule is Brc1ccc2c(c1)c1cc(-c3nc(-c4ccccc4)nc(-c4ccccc4)n3)ccc1n2-c1ccccc1.c1ccc(-c2nc(-c3ccccc3)nc(-c3ccc4c(c3)c3cc(-n5c6ccccc6c6ccc7c(ccn7-c7ccccc7)c65)ccc3n4-c3ccccc3)n2)cc1.c1ccc(-n2ccc3c4[nH]c5ccccc5c4ccc32)cc1. The van der Waals surface area contributed by atoms with Gasteiger partial charge in [0.25, 0.3) is 0 Å². The van der Waals surface area contributed by atoms with Crippen LogP contribution in [0.2, 0.25) is 0 Å². The molecular weight excluding hydrogens is 1520 g/mol. The van der Waals surface area contributed by atoms with Crippen LogP contribution in [0.25, 0.3) is 206 Å². The van der Waals surface area contributed by atoms with Gasteiger partial charge in [0.15, 0.2) is 34.9 Å². The Morgan fingerprint density at radius 3 is 1.03 bits per heavy atom. The standard InChI is InChI=1S/C53H34N6.C33H21BrN4.C20H14N2/c1-5-15-35(16-6-1)51-54-52(36-17-7-2-8-18-36)56-53(55-51)37-25-28-48-44(33-37)45-34-40(26-29-49(45)58(48)39-21-11-4-12-22-39)59-47-24-14-13-23-41(47)42-27-30-46-43(50(42)59)31-32-57(46)38-19-9-3-10-20-38;34-25-17-19-30-28(21-25)27-20-24(16-18-29(27)38(30)26-14-8-3-9-15-26)33-36-31(22-10-4-1-5-11-22)35-32(37-33)23-12-6-2-7-13-23;1-2-6-14(7-3-1)22-13-12-17-19(22)11-10-16-15-8-4-5-9-18(15)21-20(16)17/h1-34H;1-21H;1-13,21H. The number of para-hydroxylation sites is 6.